The first-order valence-electron chi connectivity index (χ1n) is 34.2. The van der Waals surface area contributed by atoms with E-state index in [0.29, 0.717) is 30.9 Å². The van der Waals surface area contributed by atoms with Gasteiger partial charge in [-0.3, -0.25) is 43.3 Å². The topological polar surface area (TPSA) is 242 Å². The Labute approximate surface area is 559 Å². The monoisotopic (exact) mass is 1300 g/mol. The van der Waals surface area contributed by atoms with Gasteiger partial charge in [-0.25, -0.2) is 4.79 Å². The van der Waals surface area contributed by atoms with Gasteiger partial charge in [0, 0.05) is 91.4 Å². The van der Waals surface area contributed by atoms with Crippen molar-refractivity contribution < 1.29 is 53.0 Å². The summed E-state index contributed by atoms with van der Waals surface area (Å²) in [5.74, 6) is -8.79. The van der Waals surface area contributed by atoms with E-state index in [-0.39, 0.29) is 38.1 Å². The normalized spacial score (nSPS) is 25.4. The average molecular weight is 1300 g/mol. The Morgan fingerprint density at radius 3 is 1.65 bits per heavy atom. The largest absolute Gasteiger partial charge is 0.450 e. The number of esters is 1. The lowest BCUT2D eigenvalue weighted by Gasteiger charge is -2.39. The van der Waals surface area contributed by atoms with Crippen LogP contribution < -0.4 is 20.9 Å². The van der Waals surface area contributed by atoms with Crippen molar-refractivity contribution in [1.82, 2.24) is 45.3 Å². The van der Waals surface area contributed by atoms with E-state index < -0.39 is 137 Å². The summed E-state index contributed by atoms with van der Waals surface area (Å²) in [6.07, 6.45) is -0.0562. The number of benzene rings is 3. The lowest BCUT2D eigenvalue weighted by molar-refractivity contribution is -0.177. The number of carbonyl (C=O) groups excluding carboxylic acids is 9. The molecular formula is C73H110N10O11. The molecule has 3 heterocycles. The summed E-state index contributed by atoms with van der Waals surface area (Å²) in [7, 11) is 5.73. The van der Waals surface area contributed by atoms with Crippen LogP contribution >= 0.6 is 0 Å². The molecule has 3 aromatic rings. The molecule has 0 saturated carbocycles. The Kier molecular flexibility index (Phi) is 26.8. The molecule has 518 valence electrons. The Bertz CT molecular complexity index is 3090. The summed E-state index contributed by atoms with van der Waals surface area (Å²) in [6, 6.07) is 15.5. The zero-order valence-electron chi connectivity index (χ0n) is 59.3. The number of piperazine rings is 1. The number of hydrogen-bond donors (Lipinski definition) is 4. The SMILES string of the molecule is CC[C@H](C)[C@@H]1NC(=O)[C@@H]2CCCN2C(=O)[C@H](Cc2cccc(-c3ccc(N4CCN(C(C)C)CC4)cc3)c2)N(C)C(=O)[C@H](Cc2ccccc2)NC(=O)[C@H](C(C)C)N(C)C(=O)[C@@H]([C@@H](C)CC)OC(=O)[C@H](C(C)(C)O)N(C)C(=O)[C@H](CC(C)C)NC(=O)[C@H](C(C)C)N(C)C1=O. The molecule has 94 heavy (non-hydrogen) atoms. The molecule has 11 atom stereocenters. The van der Waals surface area contributed by atoms with Gasteiger partial charge in [-0.05, 0) is 111 Å². The zero-order chi connectivity index (χ0) is 69.8. The fraction of sp³-hybridized carbons (Fsp3) is 0.630. The van der Waals surface area contributed by atoms with Crippen LogP contribution in [0.2, 0.25) is 0 Å². The third kappa shape index (κ3) is 18.5. The van der Waals surface area contributed by atoms with Crippen LogP contribution in [-0.4, -0.2) is 215 Å². The van der Waals surface area contributed by atoms with Crippen molar-refractivity contribution in [3.05, 3.63) is 90.0 Å². The predicted molar refractivity (Wildman–Crippen MR) is 366 cm³/mol. The quantitative estimate of drug-likeness (QED) is 0.111. The minimum atomic E-state index is -1.99. The number of ether oxygens (including phenoxy) is 1. The number of fused-ring (bicyclic) bond motifs is 1. The molecule has 3 saturated heterocycles. The average Bonchev–Trinajstić information content (AvgIpc) is 1.21. The van der Waals surface area contributed by atoms with Gasteiger partial charge in [0.1, 0.15) is 42.3 Å². The fourth-order valence-electron chi connectivity index (χ4n) is 13.6. The van der Waals surface area contributed by atoms with Crippen molar-refractivity contribution in [3.8, 4) is 11.1 Å². The Hall–Kier alpha value is -7.39. The predicted octanol–water partition coefficient (Wildman–Crippen LogP) is 6.57. The summed E-state index contributed by atoms with van der Waals surface area (Å²) in [5.41, 5.74) is 2.37. The van der Waals surface area contributed by atoms with E-state index in [4.69, 9.17) is 4.74 Å². The maximum absolute atomic E-state index is 15.9. The minimum Gasteiger partial charge on any atom is -0.450 e. The van der Waals surface area contributed by atoms with Crippen molar-refractivity contribution >= 4 is 58.9 Å². The van der Waals surface area contributed by atoms with Crippen molar-refractivity contribution in [2.75, 3.05) is 65.8 Å². The molecule has 3 aliphatic rings. The highest BCUT2D eigenvalue weighted by Gasteiger charge is 2.48. The van der Waals surface area contributed by atoms with Gasteiger partial charge in [0.2, 0.25) is 41.4 Å². The first-order chi connectivity index (χ1) is 44.2. The number of nitrogens with one attached hydrogen (secondary N) is 3. The standard InChI is InChI=1S/C73H110N10O11/c1-19-48(11)59-70(90)78(16)60(45(5)6)65(85)74-55(40-44(3)4)68(88)80(18)63(73(13,14)93)72(92)94-62(49(12)20-2)71(91)79(17)61(46(7)8)66(86)75-56(42-50-26-22-21-23-27-50)67(87)77(15)58(69(89)83-35-25-30-57(83)64(84)76-59)43-51-28-24-29-53(41-51)52-31-33-54(34-32-52)82-38-36-81(37-39-82)47(9)10/h21-24,26-29,31-34,41,44-49,55-63,93H,19-20,25,30,35-40,42-43H2,1-18H3,(H,74,85)(H,75,86)(H,76,84)/t48-,49-,55-,56-,57-,58-,59-,60-,61-,62+,63+/m0/s1. The van der Waals surface area contributed by atoms with E-state index in [2.05, 4.69) is 63.9 Å². The first kappa shape index (κ1) is 75.6. The third-order valence-corrected chi connectivity index (χ3v) is 19.5. The highest BCUT2D eigenvalue weighted by atomic mass is 16.6. The number of aliphatic hydroxyl groups is 1. The summed E-state index contributed by atoms with van der Waals surface area (Å²) in [5, 5.41) is 20.7. The van der Waals surface area contributed by atoms with Gasteiger partial charge in [-0.15, -0.1) is 0 Å². The van der Waals surface area contributed by atoms with Gasteiger partial charge in [-0.1, -0.05) is 142 Å². The number of anilines is 1. The Balaban J connectivity index is 1.50. The van der Waals surface area contributed by atoms with Crippen LogP contribution in [0.1, 0.15) is 140 Å². The molecule has 4 N–H and O–H groups in total. The number of nitrogens with zero attached hydrogens (tertiary/aromatic N) is 7. The van der Waals surface area contributed by atoms with Crippen LogP contribution in [0, 0.1) is 29.6 Å². The second-order valence-corrected chi connectivity index (χ2v) is 28.6. The first-order valence-corrected chi connectivity index (χ1v) is 34.2. The van der Waals surface area contributed by atoms with Crippen LogP contribution in [0.3, 0.4) is 0 Å². The second kappa shape index (κ2) is 33.3. The molecule has 21 nitrogen and oxygen atoms in total. The summed E-state index contributed by atoms with van der Waals surface area (Å²) >= 11 is 0. The second-order valence-electron chi connectivity index (χ2n) is 28.6. The van der Waals surface area contributed by atoms with Crippen LogP contribution in [-0.2, 0) is 60.7 Å². The van der Waals surface area contributed by atoms with Gasteiger partial charge >= 0.3 is 5.97 Å². The molecule has 21 heteroatoms. The third-order valence-electron chi connectivity index (χ3n) is 19.5. The number of amides is 8. The maximum Gasteiger partial charge on any atom is 0.332 e. The van der Waals surface area contributed by atoms with Crippen LogP contribution in [0.25, 0.3) is 11.1 Å². The molecule has 0 aromatic heterocycles. The molecule has 0 bridgehead atoms. The van der Waals surface area contributed by atoms with Gasteiger partial charge in [0.15, 0.2) is 12.1 Å². The maximum atomic E-state index is 15.9. The van der Waals surface area contributed by atoms with Gasteiger partial charge in [0.25, 0.3) is 5.91 Å². The van der Waals surface area contributed by atoms with E-state index >= 15 is 28.8 Å². The van der Waals surface area contributed by atoms with Crippen LogP contribution in [0.4, 0.5) is 5.69 Å². The minimum absolute atomic E-state index is 0.00326. The van der Waals surface area contributed by atoms with E-state index in [0.717, 1.165) is 53.5 Å². The van der Waals surface area contributed by atoms with Gasteiger partial charge in [-0.2, -0.15) is 0 Å². The molecule has 3 aliphatic heterocycles. The van der Waals surface area contributed by atoms with E-state index in [1.54, 1.807) is 41.5 Å². The van der Waals surface area contributed by atoms with Crippen molar-refractivity contribution in [1.29, 1.82) is 0 Å². The Morgan fingerprint density at radius 1 is 0.553 bits per heavy atom. The van der Waals surface area contributed by atoms with Crippen molar-refractivity contribution in [2.45, 2.75) is 208 Å². The lowest BCUT2D eigenvalue weighted by atomic mass is 9.93. The molecule has 3 fully saturated rings. The molecule has 6 rings (SSSR count). The van der Waals surface area contributed by atoms with Crippen LogP contribution in [0.5, 0.6) is 0 Å². The van der Waals surface area contributed by atoms with Gasteiger partial charge in [0.05, 0.1) is 5.60 Å². The van der Waals surface area contributed by atoms with Crippen molar-refractivity contribution in [2.24, 2.45) is 29.6 Å². The van der Waals surface area contributed by atoms with Crippen molar-refractivity contribution in [3.63, 3.8) is 0 Å². The van der Waals surface area contributed by atoms with Crippen LogP contribution in [0.15, 0.2) is 78.9 Å². The lowest BCUT2D eigenvalue weighted by Crippen LogP contribution is -2.63. The summed E-state index contributed by atoms with van der Waals surface area (Å²) in [6.45, 7) is 28.9. The van der Waals surface area contributed by atoms with E-state index in [1.165, 1.54) is 61.6 Å². The van der Waals surface area contributed by atoms with E-state index in [1.807, 2.05) is 82.3 Å². The van der Waals surface area contributed by atoms with E-state index in [9.17, 15) is 19.5 Å². The number of likely N-dealkylation sites (N-methyl/N-ethyl adjacent to an activating group) is 4. The number of hydrogen-bond acceptors (Lipinski definition) is 13. The zero-order valence-corrected chi connectivity index (χ0v) is 59.3. The van der Waals surface area contributed by atoms with Gasteiger partial charge < -0.3 is 55.2 Å². The summed E-state index contributed by atoms with van der Waals surface area (Å²) < 4.78 is 6.16. The highest BCUT2D eigenvalue weighted by molar-refractivity contribution is 5.99. The molecule has 0 radical (unpaired) electrons. The smallest absolute Gasteiger partial charge is 0.332 e. The molecule has 0 unspecified atom stereocenters. The summed E-state index contributed by atoms with van der Waals surface area (Å²) in [4.78, 5) is 148. The molecule has 0 aliphatic carbocycles. The molecule has 8 amide bonds. The number of rotatable bonds is 16. The molecule has 0 spiro atoms. The fourth-order valence-corrected chi connectivity index (χ4v) is 13.6. The molecular weight excluding hydrogens is 1190 g/mol. The number of cyclic esters (lactones) is 1. The highest BCUT2D eigenvalue weighted by Crippen LogP contribution is 2.30. The number of carbonyl (C=O) groups is 9. The molecule has 3 aromatic carbocycles. The Morgan fingerprint density at radius 2 is 1.11 bits per heavy atom.